The molecule has 3 aromatic carbocycles. The first-order chi connectivity index (χ1) is 24.9. The number of ketones is 1. The third-order valence-corrected chi connectivity index (χ3v) is 12.0. The molecule has 0 aliphatic heterocycles. The first-order valence-corrected chi connectivity index (χ1v) is 20.0. The summed E-state index contributed by atoms with van der Waals surface area (Å²) in [6, 6.07) is 29.4. The number of hydrogen-bond acceptors (Lipinski definition) is 3. The second-order valence-corrected chi connectivity index (χ2v) is 15.8. The number of furan rings is 1. The fourth-order valence-electron chi connectivity index (χ4n) is 8.95. The zero-order valence-electron chi connectivity index (χ0n) is 31.1. The fraction of sp³-hybridized carbons (Fsp3) is 0.489. The van der Waals surface area contributed by atoms with E-state index in [0.717, 1.165) is 42.3 Å². The highest BCUT2D eigenvalue weighted by atomic mass is 16.3. The van der Waals surface area contributed by atoms with E-state index in [4.69, 9.17) is 4.42 Å². The molecule has 0 radical (unpaired) electrons. The van der Waals surface area contributed by atoms with E-state index in [2.05, 4.69) is 72.9 Å². The normalized spacial score (nSPS) is 21.3. The van der Waals surface area contributed by atoms with Gasteiger partial charge in [-0.15, -0.1) is 0 Å². The van der Waals surface area contributed by atoms with Crippen molar-refractivity contribution >= 4 is 17.4 Å². The molecule has 6 rings (SSSR count). The van der Waals surface area contributed by atoms with Crippen molar-refractivity contribution in [2.75, 3.05) is 5.32 Å². The van der Waals surface area contributed by atoms with Crippen molar-refractivity contribution in [1.29, 1.82) is 0 Å². The van der Waals surface area contributed by atoms with Crippen molar-refractivity contribution in [2.45, 2.75) is 129 Å². The van der Waals surface area contributed by atoms with E-state index in [1.807, 2.05) is 25.1 Å². The fourth-order valence-corrected chi connectivity index (χ4v) is 8.95. The minimum atomic E-state index is -0.262. The molecule has 1 aromatic heterocycles. The molecular formula is C47H59NO3. The number of carbonyl (C=O) groups excluding carboxylic acids is 2. The van der Waals surface area contributed by atoms with Crippen LogP contribution in [0.2, 0.25) is 0 Å². The maximum Gasteiger partial charge on any atom is 0.291 e. The van der Waals surface area contributed by atoms with Crippen LogP contribution in [0.15, 0.2) is 89.3 Å². The van der Waals surface area contributed by atoms with Gasteiger partial charge < -0.3 is 9.73 Å². The maximum atomic E-state index is 13.6. The minimum absolute atomic E-state index is 0.173. The highest BCUT2D eigenvalue weighted by Crippen LogP contribution is 2.37. The van der Waals surface area contributed by atoms with Crippen LogP contribution in [0.4, 0.5) is 5.69 Å². The van der Waals surface area contributed by atoms with Crippen LogP contribution in [-0.4, -0.2) is 11.7 Å². The number of carbonyl (C=O) groups is 2. The third kappa shape index (κ3) is 10.8. The van der Waals surface area contributed by atoms with E-state index in [9.17, 15) is 9.59 Å². The predicted molar refractivity (Wildman–Crippen MR) is 210 cm³/mol. The molecule has 2 aliphatic rings. The Morgan fingerprint density at radius 2 is 1.43 bits per heavy atom. The average molecular weight is 686 g/mol. The molecule has 51 heavy (non-hydrogen) atoms. The van der Waals surface area contributed by atoms with Gasteiger partial charge in [0, 0.05) is 17.7 Å². The van der Waals surface area contributed by atoms with Crippen LogP contribution in [0.5, 0.6) is 0 Å². The van der Waals surface area contributed by atoms with E-state index < -0.39 is 0 Å². The molecule has 1 N–H and O–H groups in total. The molecule has 270 valence electrons. The lowest BCUT2D eigenvalue weighted by molar-refractivity contribution is 0.0973. The summed E-state index contributed by atoms with van der Waals surface area (Å²) in [6.45, 7) is 4.09. The molecular weight excluding hydrogens is 627 g/mol. The van der Waals surface area contributed by atoms with E-state index in [0.29, 0.717) is 35.3 Å². The Balaban J connectivity index is 1.06. The molecule has 2 fully saturated rings. The zero-order chi connectivity index (χ0) is 35.4. The van der Waals surface area contributed by atoms with Crippen molar-refractivity contribution in [3.05, 3.63) is 124 Å². The first kappa shape index (κ1) is 36.9. The molecule has 4 unspecified atom stereocenters. The molecule has 4 atom stereocenters. The summed E-state index contributed by atoms with van der Waals surface area (Å²) in [6.07, 6.45) is 19.8. The van der Waals surface area contributed by atoms with Gasteiger partial charge in [-0.05, 0) is 123 Å². The third-order valence-electron chi connectivity index (χ3n) is 12.0. The van der Waals surface area contributed by atoms with Gasteiger partial charge in [0.05, 0.1) is 0 Å². The van der Waals surface area contributed by atoms with E-state index >= 15 is 0 Å². The van der Waals surface area contributed by atoms with Gasteiger partial charge in [0.15, 0.2) is 11.5 Å². The summed E-state index contributed by atoms with van der Waals surface area (Å²) in [5.41, 5.74) is 6.92. The van der Waals surface area contributed by atoms with Crippen molar-refractivity contribution in [3.8, 4) is 0 Å². The summed E-state index contributed by atoms with van der Waals surface area (Å²) >= 11 is 0. The van der Waals surface area contributed by atoms with Gasteiger partial charge in [0.2, 0.25) is 0 Å². The van der Waals surface area contributed by atoms with E-state index in [1.165, 1.54) is 100 Å². The van der Waals surface area contributed by atoms with Gasteiger partial charge in [-0.2, -0.15) is 0 Å². The second kappa shape index (κ2) is 18.5. The largest absolute Gasteiger partial charge is 0.456 e. The van der Waals surface area contributed by atoms with Crippen molar-refractivity contribution < 1.29 is 14.0 Å². The molecule has 4 heteroatoms. The van der Waals surface area contributed by atoms with Crippen molar-refractivity contribution in [3.63, 3.8) is 0 Å². The quantitative estimate of drug-likeness (QED) is 0.113. The average Bonchev–Trinajstić information content (AvgIpc) is 3.45. The summed E-state index contributed by atoms with van der Waals surface area (Å²) < 4.78 is 5.66. The smallest absolute Gasteiger partial charge is 0.291 e. The Labute approximate surface area is 306 Å². The molecule has 1 heterocycles. The number of aryl methyl sites for hydroxylation is 3. The van der Waals surface area contributed by atoms with Gasteiger partial charge in [0.25, 0.3) is 5.91 Å². The minimum Gasteiger partial charge on any atom is -0.456 e. The Hall–Kier alpha value is -3.92. The van der Waals surface area contributed by atoms with Gasteiger partial charge >= 0.3 is 0 Å². The Morgan fingerprint density at radius 3 is 2.22 bits per heavy atom. The van der Waals surface area contributed by atoms with Gasteiger partial charge in [-0.25, -0.2) is 0 Å². The Morgan fingerprint density at radius 1 is 0.706 bits per heavy atom. The van der Waals surface area contributed by atoms with Crippen LogP contribution in [0.3, 0.4) is 0 Å². The van der Waals surface area contributed by atoms with Crippen LogP contribution in [0.25, 0.3) is 0 Å². The van der Waals surface area contributed by atoms with Gasteiger partial charge in [-0.3, -0.25) is 9.59 Å². The van der Waals surface area contributed by atoms with Gasteiger partial charge in [0.1, 0.15) is 5.76 Å². The lowest BCUT2D eigenvalue weighted by Gasteiger charge is -2.27. The van der Waals surface area contributed by atoms with E-state index in [-0.39, 0.29) is 11.7 Å². The highest BCUT2D eigenvalue weighted by molar-refractivity contribution is 6.04. The number of nitrogens with one attached hydrogen (secondary N) is 1. The molecule has 4 aromatic rings. The Bertz CT molecular complexity index is 1700. The Kier molecular flexibility index (Phi) is 13.4. The molecule has 0 saturated heterocycles. The molecule has 0 spiro atoms. The van der Waals surface area contributed by atoms with Gasteiger partial charge in [-0.1, -0.05) is 125 Å². The van der Waals surface area contributed by atoms with Crippen LogP contribution < -0.4 is 5.32 Å². The summed E-state index contributed by atoms with van der Waals surface area (Å²) in [7, 11) is 0. The van der Waals surface area contributed by atoms with Crippen LogP contribution >= 0.6 is 0 Å². The molecule has 4 nitrogen and oxygen atoms in total. The van der Waals surface area contributed by atoms with E-state index in [1.54, 1.807) is 6.07 Å². The first-order valence-electron chi connectivity index (χ1n) is 20.0. The summed E-state index contributed by atoms with van der Waals surface area (Å²) in [5.74, 6) is 3.61. The maximum absolute atomic E-state index is 13.6. The SMILES string of the molecule is Cc1ccc(C(=O)Nc2cc(C(=O)CCCC3CCCC(CCc4ccccc4)CC3)ccc2CC2CCCCC(c3ccccc3C)CC2)o1. The van der Waals surface area contributed by atoms with Crippen LogP contribution in [0.1, 0.15) is 151 Å². The topological polar surface area (TPSA) is 59.3 Å². The molecule has 0 bridgehead atoms. The number of rotatable bonds is 13. The predicted octanol–water partition coefficient (Wildman–Crippen LogP) is 12.6. The van der Waals surface area contributed by atoms with Crippen LogP contribution in [-0.2, 0) is 12.8 Å². The lowest BCUT2D eigenvalue weighted by Crippen LogP contribution is -2.16. The number of benzene rings is 3. The number of amides is 1. The summed E-state index contributed by atoms with van der Waals surface area (Å²) in [4.78, 5) is 26.9. The zero-order valence-corrected chi connectivity index (χ0v) is 31.1. The second-order valence-electron chi connectivity index (χ2n) is 15.8. The van der Waals surface area contributed by atoms with Crippen LogP contribution in [0, 0.1) is 31.6 Å². The molecule has 1 amide bonds. The number of Topliss-reactive ketones (excluding diaryl/α,β-unsaturated/α-hetero) is 1. The molecule has 2 saturated carbocycles. The number of hydrogen-bond donors (Lipinski definition) is 1. The molecule has 2 aliphatic carbocycles. The number of anilines is 1. The monoisotopic (exact) mass is 685 g/mol. The van der Waals surface area contributed by atoms with Crippen molar-refractivity contribution in [2.24, 2.45) is 17.8 Å². The summed E-state index contributed by atoms with van der Waals surface area (Å²) in [5, 5.41) is 3.15. The standard InChI is InChI=1S/C47H59NO3/c1-34-12-6-9-20-43(34)40-19-8-7-15-39(27-28-40)32-41-29-30-42(33-44(41)48-47(50)46-31-22-35(2)51-46)45(49)21-11-18-37-16-10-17-38(26-24-37)25-23-36-13-4-3-5-14-36/h3-6,9,12-14,20,22,29-31,33,37-40H,7-8,10-11,15-19,21,23-28,32H2,1-2H3,(H,48,50). The lowest BCUT2D eigenvalue weighted by atomic mass is 9.79. The highest BCUT2D eigenvalue weighted by Gasteiger charge is 2.23. The van der Waals surface area contributed by atoms with Crippen molar-refractivity contribution in [1.82, 2.24) is 0 Å².